The molecule has 0 amide bonds. The fraction of sp³-hybridized carbons (Fsp3) is 0.455. The molecule has 0 aromatic heterocycles. The largest absolute Gasteiger partial charge is 0.391 e. The summed E-state index contributed by atoms with van der Waals surface area (Å²) in [6.07, 6.45) is -5.25. The van der Waals surface area contributed by atoms with Crippen LogP contribution in [0.3, 0.4) is 0 Å². The van der Waals surface area contributed by atoms with E-state index in [4.69, 9.17) is 5.73 Å². The third kappa shape index (κ3) is 3.55. The van der Waals surface area contributed by atoms with E-state index in [1.54, 1.807) is 24.3 Å². The zero-order valence-electron chi connectivity index (χ0n) is 8.73. The normalized spacial score (nSPS) is 16.1. The summed E-state index contributed by atoms with van der Waals surface area (Å²) in [5, 5.41) is 0. The number of hydrogen-bond acceptors (Lipinski definition) is 1. The van der Waals surface area contributed by atoms with Gasteiger partial charge in [0.2, 0.25) is 0 Å². The summed E-state index contributed by atoms with van der Waals surface area (Å²) in [6.45, 7) is 3.27. The van der Waals surface area contributed by atoms with Crippen LogP contribution in [0.5, 0.6) is 0 Å². The highest BCUT2D eigenvalue weighted by Gasteiger charge is 2.37. The van der Waals surface area contributed by atoms with Gasteiger partial charge in [-0.15, -0.1) is 0 Å². The Morgan fingerprint density at radius 2 is 1.60 bits per heavy atom. The van der Waals surface area contributed by atoms with Gasteiger partial charge < -0.3 is 5.73 Å². The van der Waals surface area contributed by atoms with Crippen molar-refractivity contribution in [3.63, 3.8) is 0 Å². The van der Waals surface area contributed by atoms with Crippen LogP contribution in [0, 0.1) is 6.92 Å². The first-order valence-corrected chi connectivity index (χ1v) is 4.63. The maximum atomic E-state index is 12.2. The maximum absolute atomic E-state index is 12.2. The Bertz CT molecular complexity index is 325. The quantitative estimate of drug-likeness (QED) is 0.809. The minimum absolute atomic E-state index is 0.505. The lowest BCUT2D eigenvalue weighted by Crippen LogP contribution is -2.37. The van der Waals surface area contributed by atoms with Gasteiger partial charge in [-0.2, -0.15) is 13.2 Å². The Labute approximate surface area is 87.1 Å². The second-order valence-corrected chi connectivity index (χ2v) is 4.08. The standard InChI is InChI=1S/C11H14F3N/c1-8-3-5-9(6-4-8)10(2,15)7-11(12,13)14/h3-6H,7,15H2,1-2H3. The van der Waals surface area contributed by atoms with Crippen molar-refractivity contribution < 1.29 is 13.2 Å². The van der Waals surface area contributed by atoms with Crippen LogP contribution in [-0.4, -0.2) is 6.18 Å². The van der Waals surface area contributed by atoms with E-state index < -0.39 is 18.1 Å². The summed E-state index contributed by atoms with van der Waals surface area (Å²) in [6, 6.07) is 6.80. The van der Waals surface area contributed by atoms with Crippen LogP contribution in [0.4, 0.5) is 13.2 Å². The Balaban J connectivity index is 2.90. The highest BCUT2D eigenvalue weighted by atomic mass is 19.4. The SMILES string of the molecule is Cc1ccc(C(C)(N)CC(F)(F)F)cc1. The fourth-order valence-electron chi connectivity index (χ4n) is 1.45. The van der Waals surface area contributed by atoms with E-state index in [9.17, 15) is 13.2 Å². The molecule has 1 atom stereocenters. The summed E-state index contributed by atoms with van der Waals surface area (Å²) >= 11 is 0. The van der Waals surface area contributed by atoms with Crippen molar-refractivity contribution in [2.75, 3.05) is 0 Å². The molecule has 15 heavy (non-hydrogen) atoms. The Kier molecular flexibility index (Phi) is 3.09. The minimum atomic E-state index is -4.24. The number of nitrogens with two attached hydrogens (primary N) is 1. The first-order valence-electron chi connectivity index (χ1n) is 4.63. The molecular weight excluding hydrogens is 203 g/mol. The predicted octanol–water partition coefficient (Wildman–Crippen LogP) is 3.12. The van der Waals surface area contributed by atoms with Crippen LogP contribution in [0.15, 0.2) is 24.3 Å². The van der Waals surface area contributed by atoms with Crippen molar-refractivity contribution in [2.45, 2.75) is 32.0 Å². The molecule has 0 heterocycles. The molecule has 0 radical (unpaired) electrons. The van der Waals surface area contributed by atoms with Crippen LogP contribution >= 0.6 is 0 Å². The van der Waals surface area contributed by atoms with E-state index in [0.29, 0.717) is 5.56 Å². The molecule has 84 valence electrons. The Morgan fingerprint density at radius 3 is 2.00 bits per heavy atom. The molecule has 1 unspecified atom stereocenters. The van der Waals surface area contributed by atoms with E-state index in [2.05, 4.69) is 0 Å². The molecular formula is C11H14F3N. The van der Waals surface area contributed by atoms with Crippen molar-refractivity contribution in [1.82, 2.24) is 0 Å². The van der Waals surface area contributed by atoms with E-state index >= 15 is 0 Å². The van der Waals surface area contributed by atoms with Crippen LogP contribution in [0.2, 0.25) is 0 Å². The van der Waals surface area contributed by atoms with Crippen LogP contribution in [-0.2, 0) is 5.54 Å². The number of aryl methyl sites for hydroxylation is 1. The van der Waals surface area contributed by atoms with E-state index in [1.807, 2.05) is 6.92 Å². The van der Waals surface area contributed by atoms with Gasteiger partial charge in [0.1, 0.15) is 0 Å². The van der Waals surface area contributed by atoms with Crippen molar-refractivity contribution in [3.05, 3.63) is 35.4 Å². The molecule has 4 heteroatoms. The molecule has 0 bridgehead atoms. The number of hydrogen-bond donors (Lipinski definition) is 1. The van der Waals surface area contributed by atoms with Gasteiger partial charge in [-0.25, -0.2) is 0 Å². The predicted molar refractivity (Wildman–Crippen MR) is 53.4 cm³/mol. The number of rotatable bonds is 2. The molecule has 0 saturated carbocycles. The molecule has 2 N–H and O–H groups in total. The van der Waals surface area contributed by atoms with Crippen LogP contribution < -0.4 is 5.73 Å². The highest BCUT2D eigenvalue weighted by Crippen LogP contribution is 2.32. The average molecular weight is 217 g/mol. The van der Waals surface area contributed by atoms with Crippen molar-refractivity contribution in [2.24, 2.45) is 5.73 Å². The van der Waals surface area contributed by atoms with Gasteiger partial charge >= 0.3 is 6.18 Å². The molecule has 0 aliphatic rings. The second kappa shape index (κ2) is 3.85. The number of halogens is 3. The Morgan fingerprint density at radius 1 is 1.13 bits per heavy atom. The highest BCUT2D eigenvalue weighted by molar-refractivity contribution is 5.27. The smallest absolute Gasteiger partial charge is 0.321 e. The molecule has 1 rings (SSSR count). The lowest BCUT2D eigenvalue weighted by atomic mass is 9.89. The summed E-state index contributed by atoms with van der Waals surface area (Å²) < 4.78 is 36.7. The first kappa shape index (κ1) is 12.0. The average Bonchev–Trinajstić information content (AvgIpc) is 2.00. The third-order valence-electron chi connectivity index (χ3n) is 2.28. The molecule has 1 aromatic carbocycles. The molecule has 1 nitrogen and oxygen atoms in total. The lowest BCUT2D eigenvalue weighted by Gasteiger charge is -2.26. The lowest BCUT2D eigenvalue weighted by molar-refractivity contribution is -0.146. The van der Waals surface area contributed by atoms with Gasteiger partial charge in [-0.1, -0.05) is 29.8 Å². The van der Waals surface area contributed by atoms with Crippen molar-refractivity contribution in [1.29, 1.82) is 0 Å². The maximum Gasteiger partial charge on any atom is 0.391 e. The number of benzene rings is 1. The third-order valence-corrected chi connectivity index (χ3v) is 2.28. The molecule has 0 fully saturated rings. The van der Waals surface area contributed by atoms with Gasteiger partial charge in [0.15, 0.2) is 0 Å². The topological polar surface area (TPSA) is 26.0 Å². The van der Waals surface area contributed by atoms with Gasteiger partial charge in [-0.05, 0) is 19.4 Å². The van der Waals surface area contributed by atoms with Crippen molar-refractivity contribution in [3.8, 4) is 0 Å². The van der Waals surface area contributed by atoms with Gasteiger partial charge in [0.25, 0.3) is 0 Å². The molecule has 1 aromatic rings. The molecule has 0 saturated heterocycles. The molecule has 0 aliphatic heterocycles. The fourth-order valence-corrected chi connectivity index (χ4v) is 1.45. The zero-order valence-corrected chi connectivity index (χ0v) is 8.73. The molecule has 0 spiro atoms. The summed E-state index contributed by atoms with van der Waals surface area (Å²) in [5.41, 5.74) is 5.81. The van der Waals surface area contributed by atoms with Gasteiger partial charge in [-0.3, -0.25) is 0 Å². The van der Waals surface area contributed by atoms with Gasteiger partial charge in [0.05, 0.1) is 6.42 Å². The molecule has 0 aliphatic carbocycles. The first-order chi connectivity index (χ1) is 6.71. The summed E-state index contributed by atoms with van der Waals surface area (Å²) in [7, 11) is 0. The van der Waals surface area contributed by atoms with Crippen LogP contribution in [0.25, 0.3) is 0 Å². The monoisotopic (exact) mass is 217 g/mol. The zero-order chi connectivity index (χ0) is 11.7. The summed E-state index contributed by atoms with van der Waals surface area (Å²) in [5.74, 6) is 0. The minimum Gasteiger partial charge on any atom is -0.321 e. The van der Waals surface area contributed by atoms with E-state index in [0.717, 1.165) is 5.56 Å². The Hall–Kier alpha value is -1.03. The number of alkyl halides is 3. The van der Waals surface area contributed by atoms with Crippen LogP contribution in [0.1, 0.15) is 24.5 Å². The van der Waals surface area contributed by atoms with E-state index in [1.165, 1.54) is 6.92 Å². The van der Waals surface area contributed by atoms with Gasteiger partial charge in [0, 0.05) is 5.54 Å². The second-order valence-electron chi connectivity index (χ2n) is 4.08. The summed E-state index contributed by atoms with van der Waals surface area (Å²) in [4.78, 5) is 0. The van der Waals surface area contributed by atoms with E-state index in [-0.39, 0.29) is 0 Å². The van der Waals surface area contributed by atoms with Crippen molar-refractivity contribution >= 4 is 0 Å².